The van der Waals surface area contributed by atoms with Crippen LogP contribution >= 0.6 is 0 Å². The molecule has 78 valence electrons. The van der Waals surface area contributed by atoms with Crippen LogP contribution in [0.4, 0.5) is 5.82 Å². The molecule has 1 heterocycles. The third-order valence-electron chi connectivity index (χ3n) is 1.74. The molecule has 1 rings (SSSR count). The van der Waals surface area contributed by atoms with Crippen molar-refractivity contribution in [2.45, 2.75) is 13.8 Å². The molecule has 0 saturated carbocycles. The Morgan fingerprint density at radius 1 is 1.27 bits per heavy atom. The molecule has 0 aliphatic heterocycles. The Kier molecular flexibility index (Phi) is 3.28. The molecule has 5 nitrogen and oxygen atoms in total. The zero-order chi connectivity index (χ0) is 11.4. The minimum absolute atomic E-state index is 0.166. The second-order valence-electron chi connectivity index (χ2n) is 2.91. The maximum atomic E-state index is 11.2. The molecule has 0 radical (unpaired) electrons. The zero-order valence-corrected chi connectivity index (χ0v) is 8.43. The summed E-state index contributed by atoms with van der Waals surface area (Å²) >= 11 is 0. The summed E-state index contributed by atoms with van der Waals surface area (Å²) in [7, 11) is 0. The van der Waals surface area contributed by atoms with Gasteiger partial charge in [-0.3, -0.25) is 14.4 Å². The smallest absolute Gasteiger partial charge is 0.231 e. The molecule has 0 bridgehead atoms. The number of aldehydes is 1. The lowest BCUT2D eigenvalue weighted by molar-refractivity contribution is -0.124. The Morgan fingerprint density at radius 3 is 2.33 bits per heavy atom. The van der Waals surface area contributed by atoms with Crippen LogP contribution in [-0.2, 0) is 9.59 Å². The highest BCUT2D eigenvalue weighted by Gasteiger charge is 2.17. The van der Waals surface area contributed by atoms with Gasteiger partial charge in [-0.05, 0) is 12.1 Å². The van der Waals surface area contributed by atoms with Crippen LogP contribution in [0.3, 0.4) is 0 Å². The van der Waals surface area contributed by atoms with Crippen molar-refractivity contribution in [1.29, 1.82) is 0 Å². The van der Waals surface area contributed by atoms with Gasteiger partial charge in [0.15, 0.2) is 6.29 Å². The Bertz CT molecular complexity index is 401. The first-order chi connectivity index (χ1) is 7.06. The van der Waals surface area contributed by atoms with Crippen LogP contribution < -0.4 is 4.90 Å². The van der Waals surface area contributed by atoms with Gasteiger partial charge in [-0.15, -0.1) is 0 Å². The second-order valence-corrected chi connectivity index (χ2v) is 2.91. The van der Waals surface area contributed by atoms with Crippen LogP contribution in [0.25, 0.3) is 0 Å². The van der Waals surface area contributed by atoms with E-state index < -0.39 is 11.8 Å². The van der Waals surface area contributed by atoms with E-state index in [1.807, 2.05) is 0 Å². The van der Waals surface area contributed by atoms with Crippen molar-refractivity contribution in [2.75, 3.05) is 4.90 Å². The summed E-state index contributed by atoms with van der Waals surface area (Å²) in [5.74, 6) is -0.698. The molecular formula is C10H10N2O3. The van der Waals surface area contributed by atoms with Crippen LogP contribution in [0.15, 0.2) is 18.2 Å². The first-order valence-electron chi connectivity index (χ1n) is 4.29. The Balaban J connectivity index is 3.16. The number of amides is 2. The molecule has 5 heteroatoms. The highest BCUT2D eigenvalue weighted by Crippen LogP contribution is 2.11. The van der Waals surface area contributed by atoms with Crippen molar-refractivity contribution in [2.24, 2.45) is 0 Å². The highest BCUT2D eigenvalue weighted by molar-refractivity contribution is 6.12. The summed E-state index contributed by atoms with van der Waals surface area (Å²) in [6, 6.07) is 4.55. The van der Waals surface area contributed by atoms with Gasteiger partial charge in [-0.25, -0.2) is 9.88 Å². The topological polar surface area (TPSA) is 67.3 Å². The molecule has 0 aromatic carbocycles. The van der Waals surface area contributed by atoms with Gasteiger partial charge in [0.2, 0.25) is 11.8 Å². The van der Waals surface area contributed by atoms with Gasteiger partial charge >= 0.3 is 0 Å². The number of anilines is 1. The maximum Gasteiger partial charge on any atom is 0.231 e. The number of hydrogen-bond acceptors (Lipinski definition) is 4. The van der Waals surface area contributed by atoms with Crippen molar-refractivity contribution < 1.29 is 14.4 Å². The molecule has 1 aromatic rings. The van der Waals surface area contributed by atoms with Crippen molar-refractivity contribution in [3.63, 3.8) is 0 Å². The van der Waals surface area contributed by atoms with Crippen molar-refractivity contribution in [3.05, 3.63) is 23.9 Å². The van der Waals surface area contributed by atoms with Crippen LogP contribution in [0.2, 0.25) is 0 Å². The van der Waals surface area contributed by atoms with Crippen LogP contribution in [-0.4, -0.2) is 23.1 Å². The van der Waals surface area contributed by atoms with Gasteiger partial charge in [0.25, 0.3) is 0 Å². The Morgan fingerprint density at radius 2 is 1.87 bits per heavy atom. The monoisotopic (exact) mass is 206 g/mol. The van der Waals surface area contributed by atoms with Gasteiger partial charge in [0.1, 0.15) is 11.5 Å². The fraction of sp³-hybridized carbons (Fsp3) is 0.200. The number of carbonyl (C=O) groups is 3. The minimum atomic E-state index is -0.432. The predicted octanol–water partition coefficient (Wildman–Crippen LogP) is 0.794. The molecule has 0 saturated heterocycles. The molecule has 0 aliphatic rings. The number of pyridine rings is 1. The van der Waals surface area contributed by atoms with E-state index in [1.54, 1.807) is 6.07 Å². The minimum Gasteiger partial charge on any atom is -0.296 e. The summed E-state index contributed by atoms with van der Waals surface area (Å²) < 4.78 is 0. The van der Waals surface area contributed by atoms with E-state index >= 15 is 0 Å². The maximum absolute atomic E-state index is 11.2. The fourth-order valence-electron chi connectivity index (χ4n) is 1.17. The number of rotatable bonds is 2. The van der Waals surface area contributed by atoms with Crippen molar-refractivity contribution >= 4 is 23.9 Å². The average Bonchev–Trinajstić information content (AvgIpc) is 2.17. The summed E-state index contributed by atoms with van der Waals surface area (Å²) in [6.45, 7) is 2.52. The number of imide groups is 1. The lowest BCUT2D eigenvalue weighted by Gasteiger charge is -2.15. The molecule has 1 aromatic heterocycles. The number of carbonyl (C=O) groups excluding carboxylic acids is 3. The van der Waals surface area contributed by atoms with E-state index in [2.05, 4.69) is 4.98 Å². The average molecular weight is 206 g/mol. The summed E-state index contributed by atoms with van der Waals surface area (Å²) in [4.78, 5) is 37.6. The van der Waals surface area contributed by atoms with Crippen LogP contribution in [0.1, 0.15) is 24.3 Å². The van der Waals surface area contributed by atoms with Gasteiger partial charge in [-0.1, -0.05) is 6.07 Å². The van der Waals surface area contributed by atoms with E-state index in [9.17, 15) is 14.4 Å². The van der Waals surface area contributed by atoms with Crippen LogP contribution in [0.5, 0.6) is 0 Å². The lowest BCUT2D eigenvalue weighted by atomic mass is 10.3. The third kappa shape index (κ3) is 2.46. The summed E-state index contributed by atoms with van der Waals surface area (Å²) in [5, 5.41) is 0. The molecule has 0 atom stereocenters. The van der Waals surface area contributed by atoms with E-state index in [0.717, 1.165) is 4.90 Å². The van der Waals surface area contributed by atoms with Crippen molar-refractivity contribution in [1.82, 2.24) is 4.98 Å². The molecule has 0 aliphatic carbocycles. The molecule has 0 spiro atoms. The largest absolute Gasteiger partial charge is 0.296 e. The normalized spacial score (nSPS) is 9.47. The SMILES string of the molecule is CC(=O)N(C(C)=O)c1cccc(C=O)n1. The quantitative estimate of drug-likeness (QED) is 0.671. The second kappa shape index (κ2) is 4.45. The molecule has 2 amide bonds. The van der Waals surface area contributed by atoms with Gasteiger partial charge < -0.3 is 0 Å². The summed E-state index contributed by atoms with van der Waals surface area (Å²) in [6.07, 6.45) is 0.557. The van der Waals surface area contributed by atoms with Gasteiger partial charge in [0, 0.05) is 13.8 Å². The van der Waals surface area contributed by atoms with E-state index in [-0.39, 0.29) is 11.5 Å². The predicted molar refractivity (Wildman–Crippen MR) is 53.5 cm³/mol. The molecule has 0 unspecified atom stereocenters. The number of nitrogens with zero attached hydrogens (tertiary/aromatic N) is 2. The summed E-state index contributed by atoms with van der Waals surface area (Å²) in [5.41, 5.74) is 0.181. The Hall–Kier alpha value is -2.04. The molecule has 0 N–H and O–H groups in total. The molecule has 0 fully saturated rings. The van der Waals surface area contributed by atoms with E-state index in [1.165, 1.54) is 26.0 Å². The third-order valence-corrected chi connectivity index (χ3v) is 1.74. The van der Waals surface area contributed by atoms with Crippen LogP contribution in [0, 0.1) is 0 Å². The van der Waals surface area contributed by atoms with E-state index in [0.29, 0.717) is 6.29 Å². The number of hydrogen-bond donors (Lipinski definition) is 0. The lowest BCUT2D eigenvalue weighted by Crippen LogP contribution is -2.33. The Labute approximate surface area is 86.7 Å². The van der Waals surface area contributed by atoms with Crippen molar-refractivity contribution in [3.8, 4) is 0 Å². The van der Waals surface area contributed by atoms with Gasteiger partial charge in [-0.2, -0.15) is 0 Å². The first kappa shape index (κ1) is 11.0. The fourth-order valence-corrected chi connectivity index (χ4v) is 1.17. The van der Waals surface area contributed by atoms with E-state index in [4.69, 9.17) is 0 Å². The molecular weight excluding hydrogens is 196 g/mol. The standard InChI is InChI=1S/C10H10N2O3/c1-7(14)12(8(2)15)10-5-3-4-9(6-13)11-10/h3-6H,1-2H3. The molecule has 15 heavy (non-hydrogen) atoms. The highest BCUT2D eigenvalue weighted by atomic mass is 16.2. The van der Waals surface area contributed by atoms with Gasteiger partial charge in [0.05, 0.1) is 0 Å². The first-order valence-corrected chi connectivity index (χ1v) is 4.29. The zero-order valence-electron chi connectivity index (χ0n) is 8.43. The number of aromatic nitrogens is 1.